The number of hydrogen-bond donors (Lipinski definition) is 0. The van der Waals surface area contributed by atoms with Gasteiger partial charge in [0.25, 0.3) is 0 Å². The second-order valence-electron chi connectivity index (χ2n) is 10.3. The molecule has 0 amide bonds. The predicted octanol–water partition coefficient (Wildman–Crippen LogP) is 5.31. The monoisotopic (exact) mass is 360 g/mol. The molecule has 0 aromatic carbocycles. The molecule has 26 heavy (non-hydrogen) atoms. The van der Waals surface area contributed by atoms with Gasteiger partial charge in [0.05, 0.1) is 0 Å². The summed E-state index contributed by atoms with van der Waals surface area (Å²) in [6, 6.07) is 0. The van der Waals surface area contributed by atoms with E-state index in [4.69, 9.17) is 4.74 Å². The molecule has 0 radical (unpaired) electrons. The number of Topliss-reactive ketones (excluding diaryl/α,β-unsaturated/α-hetero) is 1. The highest BCUT2D eigenvalue weighted by Gasteiger charge is 2.61. The number of hydrogen-bond acceptors (Lipinski definition) is 3. The molecule has 0 spiro atoms. The van der Waals surface area contributed by atoms with Crippen LogP contribution in [0.4, 0.5) is 0 Å². The maximum atomic E-state index is 12.1. The van der Waals surface area contributed by atoms with Gasteiger partial charge in [-0.3, -0.25) is 9.59 Å². The lowest BCUT2D eigenvalue weighted by atomic mass is 9.45. The number of ketones is 1. The van der Waals surface area contributed by atoms with Crippen LogP contribution in [0, 0.1) is 34.5 Å². The van der Waals surface area contributed by atoms with E-state index in [0.717, 1.165) is 43.9 Å². The molecule has 4 aliphatic carbocycles. The fraction of sp³-hybridized carbons (Fsp3) is 0.913. The number of fused-ring (bicyclic) bond motifs is 5. The molecule has 146 valence electrons. The number of carbonyl (C=O) groups is 2. The van der Waals surface area contributed by atoms with E-state index in [9.17, 15) is 9.59 Å². The molecule has 0 N–H and O–H groups in total. The van der Waals surface area contributed by atoms with Crippen LogP contribution in [-0.4, -0.2) is 17.9 Å². The lowest BCUT2D eigenvalue weighted by molar-refractivity contribution is -0.164. The summed E-state index contributed by atoms with van der Waals surface area (Å²) in [6.45, 7) is 6.95. The van der Waals surface area contributed by atoms with E-state index in [1.165, 1.54) is 32.1 Å². The van der Waals surface area contributed by atoms with Crippen LogP contribution in [0.1, 0.15) is 91.4 Å². The summed E-state index contributed by atoms with van der Waals surface area (Å²) < 4.78 is 5.97. The van der Waals surface area contributed by atoms with Crippen molar-refractivity contribution in [3.8, 4) is 0 Å². The largest absolute Gasteiger partial charge is 0.462 e. The van der Waals surface area contributed by atoms with Crippen LogP contribution in [0.5, 0.6) is 0 Å². The summed E-state index contributed by atoms with van der Waals surface area (Å²) in [7, 11) is 0. The van der Waals surface area contributed by atoms with Crippen molar-refractivity contribution < 1.29 is 14.3 Å². The normalized spacial score (nSPS) is 47.7. The summed E-state index contributed by atoms with van der Waals surface area (Å²) in [6.07, 6.45) is 11.5. The molecule has 4 fully saturated rings. The molecule has 3 heteroatoms. The Bertz CT molecular complexity index is 584. The molecule has 4 aliphatic rings. The predicted molar refractivity (Wildman–Crippen MR) is 102 cm³/mol. The average molecular weight is 361 g/mol. The van der Waals surface area contributed by atoms with E-state index in [-0.39, 0.29) is 17.5 Å². The van der Waals surface area contributed by atoms with Gasteiger partial charge in [0.1, 0.15) is 11.9 Å². The van der Waals surface area contributed by atoms with Gasteiger partial charge in [-0.1, -0.05) is 20.8 Å². The van der Waals surface area contributed by atoms with Crippen LogP contribution < -0.4 is 0 Å². The van der Waals surface area contributed by atoms with Gasteiger partial charge in [0.15, 0.2) is 0 Å². The first-order valence-electron chi connectivity index (χ1n) is 11.1. The molecule has 0 aromatic heterocycles. The zero-order valence-electron chi connectivity index (χ0n) is 16.9. The Hall–Kier alpha value is -0.860. The maximum Gasteiger partial charge on any atom is 0.306 e. The molecule has 7 atom stereocenters. The molecular weight excluding hydrogens is 324 g/mol. The van der Waals surface area contributed by atoms with Gasteiger partial charge >= 0.3 is 5.97 Å². The van der Waals surface area contributed by atoms with Crippen LogP contribution in [0.15, 0.2) is 0 Å². The summed E-state index contributed by atoms with van der Waals surface area (Å²) in [5.74, 6) is 3.37. The van der Waals surface area contributed by atoms with E-state index in [0.29, 0.717) is 29.5 Å². The van der Waals surface area contributed by atoms with E-state index in [2.05, 4.69) is 13.8 Å². The second kappa shape index (κ2) is 6.63. The zero-order valence-corrected chi connectivity index (χ0v) is 16.9. The lowest BCUT2D eigenvalue weighted by Crippen LogP contribution is -2.54. The fourth-order valence-electron chi connectivity index (χ4n) is 7.61. The van der Waals surface area contributed by atoms with Gasteiger partial charge in [0, 0.05) is 24.7 Å². The maximum absolute atomic E-state index is 12.1. The molecule has 0 heterocycles. The fourth-order valence-corrected chi connectivity index (χ4v) is 7.61. The number of carbonyl (C=O) groups excluding carboxylic acids is 2. The molecule has 4 saturated carbocycles. The van der Waals surface area contributed by atoms with Gasteiger partial charge in [-0.25, -0.2) is 0 Å². The first-order valence-corrected chi connectivity index (χ1v) is 11.1. The van der Waals surface area contributed by atoms with Crippen LogP contribution in [-0.2, 0) is 14.3 Å². The molecule has 0 bridgehead atoms. The Balaban J connectivity index is 1.52. The van der Waals surface area contributed by atoms with Gasteiger partial charge in [-0.15, -0.1) is 0 Å². The molecule has 0 aliphatic heterocycles. The Morgan fingerprint density at radius 3 is 2.58 bits per heavy atom. The SMILES string of the molecule is CCCC(=O)O[C@H]1CCC2C3CC[C@H]4CC(=O)CC[C@]4(C)C3CC[C@@]21C. The van der Waals surface area contributed by atoms with Gasteiger partial charge < -0.3 is 4.74 Å². The molecule has 3 nitrogen and oxygen atoms in total. The van der Waals surface area contributed by atoms with Crippen molar-refractivity contribution in [3.63, 3.8) is 0 Å². The summed E-state index contributed by atoms with van der Waals surface area (Å²) in [4.78, 5) is 24.1. The van der Waals surface area contributed by atoms with Crippen molar-refractivity contribution in [3.05, 3.63) is 0 Å². The van der Waals surface area contributed by atoms with Crippen LogP contribution in [0.25, 0.3) is 0 Å². The van der Waals surface area contributed by atoms with Crippen molar-refractivity contribution >= 4 is 11.8 Å². The van der Waals surface area contributed by atoms with Crippen LogP contribution in [0.2, 0.25) is 0 Å². The van der Waals surface area contributed by atoms with Crippen LogP contribution in [0.3, 0.4) is 0 Å². The Morgan fingerprint density at radius 2 is 1.81 bits per heavy atom. The third kappa shape index (κ3) is 2.76. The van der Waals surface area contributed by atoms with Crippen molar-refractivity contribution in [2.45, 2.75) is 97.5 Å². The molecule has 0 aromatic rings. The van der Waals surface area contributed by atoms with E-state index >= 15 is 0 Å². The summed E-state index contributed by atoms with van der Waals surface area (Å²) in [5, 5.41) is 0. The molecule has 3 unspecified atom stereocenters. The topological polar surface area (TPSA) is 43.4 Å². The second-order valence-corrected chi connectivity index (χ2v) is 10.3. The zero-order chi connectivity index (χ0) is 18.5. The standard InChI is InChI=1S/C23H36O3/c1-4-5-21(25)26-20-9-8-18-17-7-6-15-14-16(24)10-12-22(15,2)19(17)11-13-23(18,20)3/h15,17-20H,4-14H2,1-3H3/t15-,17?,18?,19?,20-,22-,23-/m0/s1. The number of esters is 1. The van der Waals surface area contributed by atoms with E-state index in [1.807, 2.05) is 6.92 Å². The minimum Gasteiger partial charge on any atom is -0.462 e. The highest BCUT2D eigenvalue weighted by Crippen LogP contribution is 2.66. The summed E-state index contributed by atoms with van der Waals surface area (Å²) >= 11 is 0. The highest BCUT2D eigenvalue weighted by molar-refractivity contribution is 5.79. The third-order valence-corrected chi connectivity index (χ3v) is 9.12. The number of ether oxygens (including phenoxy) is 1. The Morgan fingerprint density at radius 1 is 1.04 bits per heavy atom. The van der Waals surface area contributed by atoms with Gasteiger partial charge in [0.2, 0.25) is 0 Å². The lowest BCUT2D eigenvalue weighted by Gasteiger charge is -2.60. The van der Waals surface area contributed by atoms with Crippen LogP contribution >= 0.6 is 0 Å². The molecular formula is C23H36O3. The van der Waals surface area contributed by atoms with Gasteiger partial charge in [-0.05, 0) is 80.5 Å². The van der Waals surface area contributed by atoms with Crippen molar-refractivity contribution in [1.29, 1.82) is 0 Å². The minimum atomic E-state index is 0.00274. The quantitative estimate of drug-likeness (QED) is 0.641. The van der Waals surface area contributed by atoms with E-state index in [1.54, 1.807) is 0 Å². The van der Waals surface area contributed by atoms with Crippen molar-refractivity contribution in [1.82, 2.24) is 0 Å². The van der Waals surface area contributed by atoms with E-state index < -0.39 is 0 Å². The minimum absolute atomic E-state index is 0.00274. The molecule has 0 saturated heterocycles. The van der Waals surface area contributed by atoms with Crippen molar-refractivity contribution in [2.75, 3.05) is 0 Å². The first-order chi connectivity index (χ1) is 12.4. The Labute approximate surface area is 158 Å². The summed E-state index contributed by atoms with van der Waals surface area (Å²) in [5.41, 5.74) is 0.549. The third-order valence-electron chi connectivity index (χ3n) is 9.12. The highest BCUT2D eigenvalue weighted by atomic mass is 16.5. The first kappa shape index (κ1) is 18.5. The molecule has 4 rings (SSSR count). The average Bonchev–Trinajstić information content (AvgIpc) is 2.92. The smallest absolute Gasteiger partial charge is 0.306 e. The van der Waals surface area contributed by atoms with Gasteiger partial charge in [-0.2, -0.15) is 0 Å². The Kier molecular flexibility index (Phi) is 4.72. The van der Waals surface area contributed by atoms with Crippen molar-refractivity contribution in [2.24, 2.45) is 34.5 Å². The number of rotatable bonds is 3.